The minimum Gasteiger partial charge on any atom is -0.481 e. The van der Waals surface area contributed by atoms with Crippen LogP contribution in [0.3, 0.4) is 0 Å². The van der Waals surface area contributed by atoms with Crippen molar-refractivity contribution in [3.63, 3.8) is 0 Å². The van der Waals surface area contributed by atoms with Gasteiger partial charge >= 0.3 is 11.9 Å². The first-order chi connectivity index (χ1) is 17.8. The number of rotatable bonds is 10. The molecule has 4 rings (SSSR count). The Labute approximate surface area is 230 Å². The maximum Gasteiger partial charge on any atom is 0.308 e. The van der Waals surface area contributed by atoms with E-state index in [2.05, 4.69) is 27.7 Å². The summed E-state index contributed by atoms with van der Waals surface area (Å²) < 4.78 is 5.77. The molecule has 4 aliphatic carbocycles. The molecular formula is C32H54O6. The summed E-state index contributed by atoms with van der Waals surface area (Å²) >= 11 is 0. The van der Waals surface area contributed by atoms with E-state index in [-0.39, 0.29) is 47.6 Å². The highest BCUT2D eigenvalue weighted by Crippen LogP contribution is 2.68. The molecule has 0 radical (unpaired) electrons. The second kappa shape index (κ2) is 11.8. The van der Waals surface area contributed by atoms with Gasteiger partial charge in [-0.3, -0.25) is 9.59 Å². The van der Waals surface area contributed by atoms with E-state index >= 15 is 0 Å². The second-order valence-corrected chi connectivity index (χ2v) is 14.7. The van der Waals surface area contributed by atoms with Crippen LogP contribution in [0.2, 0.25) is 0 Å². The number of carboxylic acid groups (broad SMARTS) is 1. The number of aliphatic carboxylic acids is 1. The summed E-state index contributed by atoms with van der Waals surface area (Å²) in [6.45, 7) is 10.9. The highest BCUT2D eigenvalue weighted by Gasteiger charge is 2.63. The Morgan fingerprint density at radius 2 is 1.63 bits per heavy atom. The minimum absolute atomic E-state index is 0.00937. The van der Waals surface area contributed by atoms with E-state index in [9.17, 15) is 24.9 Å². The lowest BCUT2D eigenvalue weighted by Crippen LogP contribution is -2.54. The summed E-state index contributed by atoms with van der Waals surface area (Å²) in [5.74, 6) is 1.94. The van der Waals surface area contributed by atoms with E-state index < -0.39 is 18.2 Å². The summed E-state index contributed by atoms with van der Waals surface area (Å²) in [7, 11) is 0. The monoisotopic (exact) mass is 534 g/mol. The first-order valence-electron chi connectivity index (χ1n) is 15.6. The lowest BCUT2D eigenvalue weighted by Gasteiger charge is -2.61. The van der Waals surface area contributed by atoms with Crippen LogP contribution in [0.4, 0.5) is 0 Å². The Balaban J connectivity index is 1.47. The van der Waals surface area contributed by atoms with Crippen LogP contribution in [-0.2, 0) is 14.3 Å². The van der Waals surface area contributed by atoms with Crippen LogP contribution in [0.1, 0.15) is 118 Å². The number of aliphatic hydroxyl groups is 2. The van der Waals surface area contributed by atoms with Crippen molar-refractivity contribution >= 4 is 11.9 Å². The Kier molecular flexibility index (Phi) is 9.24. The predicted octanol–water partition coefficient (Wildman–Crippen LogP) is 6.22. The van der Waals surface area contributed by atoms with Crippen molar-refractivity contribution in [2.24, 2.45) is 52.3 Å². The molecule has 0 saturated heterocycles. The van der Waals surface area contributed by atoms with Gasteiger partial charge in [0.25, 0.3) is 0 Å². The summed E-state index contributed by atoms with van der Waals surface area (Å²) in [6.07, 6.45) is 10.4. The number of carbonyl (C=O) groups is 2. The SMILES string of the molecule is CC(C)CCC[C@@H](CC(=O)O)[C@H]1[C@H](O)C[C@H]2[C@@H]3CC[C@H]4C[C@@H](OC(=O)CC(C)O)CC[C@]4(C)[C@H]3CC[C@]12C. The zero-order valence-electron chi connectivity index (χ0n) is 24.5. The summed E-state index contributed by atoms with van der Waals surface area (Å²) in [5.41, 5.74) is 0.244. The van der Waals surface area contributed by atoms with Crippen LogP contribution >= 0.6 is 0 Å². The molecule has 0 aliphatic heterocycles. The topological polar surface area (TPSA) is 104 Å². The third-order valence-corrected chi connectivity index (χ3v) is 11.8. The lowest BCUT2D eigenvalue weighted by molar-refractivity contribution is -0.164. The van der Waals surface area contributed by atoms with E-state index in [0.717, 1.165) is 70.6 Å². The van der Waals surface area contributed by atoms with Crippen molar-refractivity contribution in [2.45, 2.75) is 136 Å². The molecule has 0 aromatic rings. The van der Waals surface area contributed by atoms with Gasteiger partial charge < -0.3 is 20.1 Å². The van der Waals surface area contributed by atoms with Crippen molar-refractivity contribution in [3.8, 4) is 0 Å². The average molecular weight is 535 g/mol. The van der Waals surface area contributed by atoms with Gasteiger partial charge in [0.15, 0.2) is 0 Å². The maximum atomic E-state index is 12.2. The van der Waals surface area contributed by atoms with Crippen LogP contribution < -0.4 is 0 Å². The largest absolute Gasteiger partial charge is 0.481 e. The van der Waals surface area contributed by atoms with Crippen LogP contribution in [0.25, 0.3) is 0 Å². The second-order valence-electron chi connectivity index (χ2n) is 14.7. The minimum atomic E-state index is -0.730. The number of ether oxygens (including phenoxy) is 1. The van der Waals surface area contributed by atoms with Crippen molar-refractivity contribution < 1.29 is 29.6 Å². The van der Waals surface area contributed by atoms with Gasteiger partial charge in [0.2, 0.25) is 0 Å². The molecule has 1 unspecified atom stereocenters. The Morgan fingerprint density at radius 3 is 2.29 bits per heavy atom. The lowest BCUT2D eigenvalue weighted by atomic mass is 9.44. The predicted molar refractivity (Wildman–Crippen MR) is 147 cm³/mol. The molecule has 3 N–H and O–H groups in total. The molecule has 0 amide bonds. The van der Waals surface area contributed by atoms with Crippen LogP contribution in [0.15, 0.2) is 0 Å². The van der Waals surface area contributed by atoms with Gasteiger partial charge in [-0.1, -0.05) is 40.5 Å². The molecule has 38 heavy (non-hydrogen) atoms. The summed E-state index contributed by atoms with van der Waals surface area (Å²) in [5, 5.41) is 30.8. The van der Waals surface area contributed by atoms with Crippen LogP contribution in [0.5, 0.6) is 0 Å². The van der Waals surface area contributed by atoms with Gasteiger partial charge in [-0.05, 0) is 117 Å². The molecule has 4 aliphatic rings. The van der Waals surface area contributed by atoms with Gasteiger partial charge in [0, 0.05) is 6.42 Å². The first-order valence-corrected chi connectivity index (χ1v) is 15.6. The molecule has 0 aromatic carbocycles. The van der Waals surface area contributed by atoms with Gasteiger partial charge in [0.1, 0.15) is 6.10 Å². The highest BCUT2D eigenvalue weighted by atomic mass is 16.5. The normalized spacial score (nSPS) is 42.1. The molecule has 0 spiro atoms. The Hall–Kier alpha value is -1.14. The molecule has 218 valence electrons. The number of fused-ring (bicyclic) bond motifs is 5. The highest BCUT2D eigenvalue weighted by molar-refractivity contribution is 5.70. The van der Waals surface area contributed by atoms with Crippen molar-refractivity contribution in [1.29, 1.82) is 0 Å². The van der Waals surface area contributed by atoms with Crippen molar-refractivity contribution in [2.75, 3.05) is 0 Å². The zero-order valence-corrected chi connectivity index (χ0v) is 24.5. The maximum absolute atomic E-state index is 12.2. The molecule has 0 aromatic heterocycles. The van der Waals surface area contributed by atoms with Gasteiger partial charge in [-0.25, -0.2) is 0 Å². The quantitative estimate of drug-likeness (QED) is 0.288. The van der Waals surface area contributed by atoms with Gasteiger partial charge in [-0.2, -0.15) is 0 Å². The van der Waals surface area contributed by atoms with Gasteiger partial charge in [-0.15, -0.1) is 0 Å². The number of carboxylic acids is 1. The summed E-state index contributed by atoms with van der Waals surface area (Å²) in [4.78, 5) is 24.1. The fraction of sp³-hybridized carbons (Fsp3) is 0.938. The standard InChI is InChI=1S/C32H54O6/c1-19(2)7-6-8-21(16-28(35)36)30-27(34)18-26-24-10-9-22-17-23(38-29(37)15-20(3)33)11-13-31(22,4)25(24)12-14-32(26,30)5/h19-27,30,33-34H,6-18H2,1-5H3,(H,35,36)/t20?,21-,22-,23-,24+,25-,26-,27+,30-,31-,32-/m0/s1. The number of carbonyl (C=O) groups excluding carboxylic acids is 1. The third-order valence-electron chi connectivity index (χ3n) is 11.8. The molecule has 0 bridgehead atoms. The first kappa shape index (κ1) is 29.8. The van der Waals surface area contributed by atoms with Gasteiger partial charge in [0.05, 0.1) is 18.6 Å². The number of esters is 1. The molecular weight excluding hydrogens is 480 g/mol. The van der Waals surface area contributed by atoms with Crippen molar-refractivity contribution in [1.82, 2.24) is 0 Å². The molecule has 6 heteroatoms. The Bertz CT molecular complexity index is 840. The average Bonchev–Trinajstić information content (AvgIpc) is 3.07. The molecule has 4 saturated carbocycles. The zero-order chi connectivity index (χ0) is 27.8. The number of aliphatic hydroxyl groups excluding tert-OH is 2. The van der Waals surface area contributed by atoms with E-state index in [4.69, 9.17) is 4.74 Å². The molecule has 6 nitrogen and oxygen atoms in total. The fourth-order valence-corrected chi connectivity index (χ4v) is 10.1. The molecule has 0 heterocycles. The fourth-order valence-electron chi connectivity index (χ4n) is 10.1. The number of hydrogen-bond acceptors (Lipinski definition) is 5. The smallest absolute Gasteiger partial charge is 0.308 e. The summed E-state index contributed by atoms with van der Waals surface area (Å²) in [6, 6.07) is 0. The van der Waals surface area contributed by atoms with Crippen molar-refractivity contribution in [3.05, 3.63) is 0 Å². The van der Waals surface area contributed by atoms with E-state index in [1.807, 2.05) is 0 Å². The molecule has 4 fully saturated rings. The third kappa shape index (κ3) is 5.96. The number of hydrogen-bond donors (Lipinski definition) is 3. The van der Waals surface area contributed by atoms with Crippen LogP contribution in [0, 0.1) is 52.3 Å². The van der Waals surface area contributed by atoms with Crippen LogP contribution in [-0.4, -0.2) is 45.6 Å². The van der Waals surface area contributed by atoms with E-state index in [0.29, 0.717) is 29.6 Å². The van der Waals surface area contributed by atoms with E-state index in [1.54, 1.807) is 6.92 Å². The molecule has 11 atom stereocenters. The van der Waals surface area contributed by atoms with E-state index in [1.165, 1.54) is 0 Å². The Morgan fingerprint density at radius 1 is 0.921 bits per heavy atom.